The molecule has 1 aliphatic rings. The Bertz CT molecular complexity index is 644. The molecular weight excluding hydrogens is 242 g/mol. The number of H-pyrrole nitrogens is 1. The molecule has 0 saturated carbocycles. The maximum atomic E-state index is 12.0. The number of aromatic amines is 1. The van der Waals surface area contributed by atoms with E-state index < -0.39 is 0 Å². The van der Waals surface area contributed by atoms with Crippen LogP contribution in [0.25, 0.3) is 11.0 Å². The van der Waals surface area contributed by atoms with Crippen molar-refractivity contribution in [2.75, 3.05) is 13.6 Å². The van der Waals surface area contributed by atoms with Gasteiger partial charge >= 0.3 is 5.69 Å². The van der Waals surface area contributed by atoms with Gasteiger partial charge in [0.15, 0.2) is 0 Å². The third-order valence-corrected chi connectivity index (χ3v) is 4.07. The number of nitrogens with one attached hydrogen (secondary N) is 1. The molecule has 5 nitrogen and oxygen atoms in total. The molecule has 1 aromatic heterocycles. The number of fused-ring (bicyclic) bond motifs is 1. The summed E-state index contributed by atoms with van der Waals surface area (Å²) in [4.78, 5) is 17.2. The third-order valence-electron chi connectivity index (χ3n) is 4.07. The lowest BCUT2D eigenvalue weighted by Gasteiger charge is -2.32. The molecule has 1 aromatic carbocycles. The van der Waals surface area contributed by atoms with Gasteiger partial charge in [0.25, 0.3) is 0 Å². The minimum absolute atomic E-state index is 0.0976. The average Bonchev–Trinajstić information content (AvgIpc) is 2.68. The minimum atomic E-state index is -0.0976. The summed E-state index contributed by atoms with van der Waals surface area (Å²) in [5, 5.41) is 9.45. The van der Waals surface area contributed by atoms with Crippen LogP contribution in [-0.4, -0.2) is 39.2 Å². The van der Waals surface area contributed by atoms with Crippen LogP contribution in [0.1, 0.15) is 19.3 Å². The van der Waals surface area contributed by atoms with Crippen LogP contribution in [0.5, 0.6) is 5.75 Å². The highest BCUT2D eigenvalue weighted by Gasteiger charge is 2.21. The fraction of sp³-hybridized carbons (Fsp3) is 0.500. The van der Waals surface area contributed by atoms with Gasteiger partial charge in [-0.3, -0.25) is 4.57 Å². The van der Waals surface area contributed by atoms with E-state index in [1.54, 1.807) is 22.8 Å². The van der Waals surface area contributed by atoms with Gasteiger partial charge in [-0.15, -0.1) is 0 Å². The highest BCUT2D eigenvalue weighted by molar-refractivity contribution is 5.76. The Morgan fingerprint density at radius 2 is 2.26 bits per heavy atom. The van der Waals surface area contributed by atoms with Crippen LogP contribution in [0.4, 0.5) is 0 Å². The molecule has 0 amide bonds. The van der Waals surface area contributed by atoms with E-state index >= 15 is 0 Å². The highest BCUT2D eigenvalue weighted by atomic mass is 16.3. The lowest BCUT2D eigenvalue weighted by atomic mass is 10.0. The van der Waals surface area contributed by atoms with Crippen LogP contribution in [0.3, 0.4) is 0 Å². The molecule has 2 aromatic rings. The van der Waals surface area contributed by atoms with Gasteiger partial charge in [0.2, 0.25) is 0 Å². The number of imidazole rings is 1. The summed E-state index contributed by atoms with van der Waals surface area (Å²) < 4.78 is 1.78. The highest BCUT2D eigenvalue weighted by Crippen LogP contribution is 2.20. The molecule has 1 atom stereocenters. The number of hydrogen-bond donors (Lipinski definition) is 2. The second-order valence-corrected chi connectivity index (χ2v) is 5.37. The molecule has 102 valence electrons. The van der Waals surface area contributed by atoms with Crippen LogP contribution in [0.15, 0.2) is 23.0 Å². The van der Waals surface area contributed by atoms with E-state index in [-0.39, 0.29) is 11.4 Å². The number of aromatic nitrogens is 2. The zero-order valence-corrected chi connectivity index (χ0v) is 11.1. The summed E-state index contributed by atoms with van der Waals surface area (Å²) in [5.74, 6) is 0.177. The van der Waals surface area contributed by atoms with Crippen molar-refractivity contribution in [3.63, 3.8) is 0 Å². The number of hydrogen-bond acceptors (Lipinski definition) is 3. The number of aromatic hydroxyl groups is 1. The van der Waals surface area contributed by atoms with E-state index in [0.29, 0.717) is 18.1 Å². The predicted molar refractivity (Wildman–Crippen MR) is 74.5 cm³/mol. The van der Waals surface area contributed by atoms with Crippen molar-refractivity contribution in [2.45, 2.75) is 31.8 Å². The van der Waals surface area contributed by atoms with E-state index in [4.69, 9.17) is 0 Å². The van der Waals surface area contributed by atoms with Crippen molar-refractivity contribution < 1.29 is 5.11 Å². The van der Waals surface area contributed by atoms with Crippen molar-refractivity contribution >= 4 is 11.0 Å². The molecule has 0 spiro atoms. The van der Waals surface area contributed by atoms with Crippen LogP contribution in [0.2, 0.25) is 0 Å². The van der Waals surface area contributed by atoms with Gasteiger partial charge in [0.05, 0.1) is 11.0 Å². The number of phenols is 1. The molecular formula is C14H19N3O2. The van der Waals surface area contributed by atoms with E-state index in [2.05, 4.69) is 16.9 Å². The van der Waals surface area contributed by atoms with E-state index in [0.717, 1.165) is 18.5 Å². The largest absolute Gasteiger partial charge is 0.508 e. The summed E-state index contributed by atoms with van der Waals surface area (Å²) in [7, 11) is 2.12. The zero-order valence-electron chi connectivity index (χ0n) is 11.1. The first-order chi connectivity index (χ1) is 9.15. The van der Waals surface area contributed by atoms with Gasteiger partial charge in [0, 0.05) is 18.7 Å². The topological polar surface area (TPSA) is 61.3 Å². The first-order valence-electron chi connectivity index (χ1n) is 6.77. The molecule has 1 saturated heterocycles. The van der Waals surface area contributed by atoms with Crippen molar-refractivity contribution in [1.29, 1.82) is 0 Å². The fourth-order valence-corrected chi connectivity index (χ4v) is 2.92. The molecule has 0 radical (unpaired) electrons. The standard InChI is InChI=1S/C14H19N3O2/c1-16-7-3-2-4-10(16)9-17-13-6-5-11(18)8-12(13)15-14(17)19/h5-6,8,10,18H,2-4,7,9H2,1H3,(H,15,19). The maximum absolute atomic E-state index is 12.0. The Labute approximate surface area is 111 Å². The molecule has 2 N–H and O–H groups in total. The SMILES string of the molecule is CN1CCCCC1Cn1c(=O)[nH]c2cc(O)ccc21. The van der Waals surface area contributed by atoms with Crippen LogP contribution < -0.4 is 5.69 Å². The van der Waals surface area contributed by atoms with Gasteiger partial charge in [-0.05, 0) is 38.6 Å². The molecule has 19 heavy (non-hydrogen) atoms. The summed E-state index contributed by atoms with van der Waals surface area (Å²) in [6.45, 7) is 1.81. The summed E-state index contributed by atoms with van der Waals surface area (Å²) in [6.07, 6.45) is 3.60. The Balaban J connectivity index is 1.96. The molecule has 5 heteroatoms. The lowest BCUT2D eigenvalue weighted by Crippen LogP contribution is -2.40. The van der Waals surface area contributed by atoms with Gasteiger partial charge in [-0.2, -0.15) is 0 Å². The molecule has 0 bridgehead atoms. The molecule has 2 heterocycles. The Morgan fingerprint density at radius 3 is 3.05 bits per heavy atom. The van der Waals surface area contributed by atoms with Gasteiger partial charge < -0.3 is 15.0 Å². The maximum Gasteiger partial charge on any atom is 0.326 e. The Morgan fingerprint density at radius 1 is 1.42 bits per heavy atom. The summed E-state index contributed by atoms with van der Waals surface area (Å²) in [5.41, 5.74) is 1.46. The van der Waals surface area contributed by atoms with E-state index in [1.807, 2.05) is 0 Å². The molecule has 1 fully saturated rings. The number of benzene rings is 1. The number of likely N-dealkylation sites (N-methyl/N-ethyl adjacent to an activating group) is 1. The predicted octanol–water partition coefficient (Wildman–Crippen LogP) is 1.52. The smallest absolute Gasteiger partial charge is 0.326 e. The number of nitrogens with zero attached hydrogens (tertiary/aromatic N) is 2. The van der Waals surface area contributed by atoms with Crippen LogP contribution in [-0.2, 0) is 6.54 Å². The number of piperidine rings is 1. The monoisotopic (exact) mass is 261 g/mol. The van der Waals surface area contributed by atoms with Crippen LogP contribution >= 0.6 is 0 Å². The van der Waals surface area contributed by atoms with Crippen molar-refractivity contribution in [3.05, 3.63) is 28.7 Å². The van der Waals surface area contributed by atoms with Gasteiger partial charge in [-0.1, -0.05) is 6.42 Å². The summed E-state index contributed by atoms with van der Waals surface area (Å²) >= 11 is 0. The van der Waals surface area contributed by atoms with Gasteiger partial charge in [-0.25, -0.2) is 4.79 Å². The van der Waals surface area contributed by atoms with Gasteiger partial charge in [0.1, 0.15) is 5.75 Å². The third kappa shape index (κ3) is 2.26. The second kappa shape index (κ2) is 4.74. The van der Waals surface area contributed by atoms with E-state index in [9.17, 15) is 9.90 Å². The minimum Gasteiger partial charge on any atom is -0.508 e. The Kier molecular flexibility index (Phi) is 3.06. The lowest BCUT2D eigenvalue weighted by molar-refractivity contribution is 0.167. The molecule has 1 aliphatic heterocycles. The van der Waals surface area contributed by atoms with Crippen molar-refractivity contribution in [1.82, 2.24) is 14.5 Å². The number of likely N-dealkylation sites (tertiary alicyclic amines) is 1. The Hall–Kier alpha value is -1.75. The number of rotatable bonds is 2. The average molecular weight is 261 g/mol. The first kappa shape index (κ1) is 12.3. The summed E-state index contributed by atoms with van der Waals surface area (Å²) in [6, 6.07) is 5.43. The van der Waals surface area contributed by atoms with Crippen LogP contribution in [0, 0.1) is 0 Å². The molecule has 3 rings (SSSR count). The normalized spacial score (nSPS) is 21.0. The van der Waals surface area contributed by atoms with E-state index in [1.165, 1.54) is 12.8 Å². The first-order valence-corrected chi connectivity index (χ1v) is 6.77. The number of phenolic OH excluding ortho intramolecular Hbond substituents is 1. The quantitative estimate of drug-likeness (QED) is 0.861. The molecule has 1 unspecified atom stereocenters. The molecule has 0 aliphatic carbocycles. The fourth-order valence-electron chi connectivity index (χ4n) is 2.92. The van der Waals surface area contributed by atoms with Crippen molar-refractivity contribution in [3.8, 4) is 5.75 Å². The second-order valence-electron chi connectivity index (χ2n) is 5.37. The zero-order chi connectivity index (χ0) is 13.4. The van der Waals surface area contributed by atoms with Crippen molar-refractivity contribution in [2.24, 2.45) is 0 Å².